The van der Waals surface area contributed by atoms with Crippen LogP contribution in [0.3, 0.4) is 0 Å². The number of benzene rings is 2. The molecule has 3 aromatic rings. The first-order valence-corrected chi connectivity index (χ1v) is 9.55. The summed E-state index contributed by atoms with van der Waals surface area (Å²) in [5.74, 6) is -0.188. The van der Waals surface area contributed by atoms with Crippen LogP contribution in [-0.4, -0.2) is 40.9 Å². The molecular weight excluding hydrogens is 398 g/mol. The van der Waals surface area contributed by atoms with Crippen LogP contribution in [0.4, 0.5) is 11.6 Å². The number of ether oxygens (including phenoxy) is 2. The molecule has 0 saturated heterocycles. The summed E-state index contributed by atoms with van der Waals surface area (Å²) in [5, 5.41) is 10.3. The second-order valence-electron chi connectivity index (χ2n) is 6.83. The monoisotopic (exact) mass is 419 g/mol. The van der Waals surface area contributed by atoms with Crippen LogP contribution in [0.25, 0.3) is 0 Å². The maximum atomic E-state index is 13.4. The van der Waals surface area contributed by atoms with E-state index >= 15 is 0 Å². The van der Waals surface area contributed by atoms with E-state index in [2.05, 4.69) is 20.7 Å². The molecule has 1 atom stereocenters. The third-order valence-corrected chi connectivity index (χ3v) is 4.94. The van der Waals surface area contributed by atoms with Crippen molar-refractivity contribution in [3.63, 3.8) is 0 Å². The number of carbonyl (C=O) groups is 2. The number of esters is 1. The molecule has 1 aliphatic rings. The average Bonchev–Trinajstić information content (AvgIpc) is 3.22. The van der Waals surface area contributed by atoms with Crippen LogP contribution >= 0.6 is 0 Å². The maximum absolute atomic E-state index is 13.4. The molecule has 158 valence electrons. The molecule has 2 N–H and O–H groups in total. The van der Waals surface area contributed by atoms with E-state index in [4.69, 9.17) is 9.47 Å². The van der Waals surface area contributed by atoms with E-state index in [1.54, 1.807) is 26.2 Å². The molecule has 0 saturated carbocycles. The van der Waals surface area contributed by atoms with Crippen molar-refractivity contribution in [2.45, 2.75) is 13.0 Å². The lowest BCUT2D eigenvalue weighted by Gasteiger charge is -2.28. The number of nitrogens with zero attached hydrogens (tertiary/aromatic N) is 3. The first-order chi connectivity index (χ1) is 15.0. The Kier molecular flexibility index (Phi) is 5.40. The zero-order chi connectivity index (χ0) is 22.0. The summed E-state index contributed by atoms with van der Waals surface area (Å²) in [5.41, 5.74) is 2.39. The van der Waals surface area contributed by atoms with E-state index in [1.807, 2.05) is 42.5 Å². The second kappa shape index (κ2) is 8.31. The Bertz CT molecular complexity index is 1170. The Balaban J connectivity index is 1.79. The Morgan fingerprint density at radius 3 is 2.48 bits per heavy atom. The van der Waals surface area contributed by atoms with Gasteiger partial charge in [0, 0.05) is 5.70 Å². The third kappa shape index (κ3) is 3.73. The van der Waals surface area contributed by atoms with Gasteiger partial charge in [-0.25, -0.2) is 9.48 Å². The molecule has 31 heavy (non-hydrogen) atoms. The van der Waals surface area contributed by atoms with Gasteiger partial charge in [-0.05, 0) is 24.6 Å². The molecule has 0 fully saturated rings. The summed E-state index contributed by atoms with van der Waals surface area (Å²) in [7, 11) is 2.81. The SMILES string of the molecule is COC(=O)c1nc2n(n1)[C@H](c1ccccc1)C(C(=O)Nc1ccccc1OC)=C(C)N2. The van der Waals surface area contributed by atoms with Crippen LogP contribution in [0.2, 0.25) is 0 Å². The van der Waals surface area contributed by atoms with Crippen molar-refractivity contribution in [2.75, 3.05) is 24.9 Å². The molecule has 2 aromatic carbocycles. The molecule has 0 spiro atoms. The number of fused-ring (bicyclic) bond motifs is 1. The molecule has 1 aliphatic heterocycles. The summed E-state index contributed by atoms with van der Waals surface area (Å²) in [4.78, 5) is 29.6. The summed E-state index contributed by atoms with van der Waals surface area (Å²) < 4.78 is 11.6. The standard InChI is InChI=1S/C22H21N5O4/c1-13-17(20(28)24-15-11-7-8-12-16(15)30-2)18(14-9-5-4-6-10-14)27-22(23-13)25-19(26-27)21(29)31-3/h4-12,18H,1-3H3,(H,24,28)(H,23,25,26)/t18-/m1/s1. The third-order valence-electron chi connectivity index (χ3n) is 4.94. The molecule has 0 unspecified atom stereocenters. The van der Waals surface area contributed by atoms with E-state index < -0.39 is 12.0 Å². The smallest absolute Gasteiger partial charge is 0.378 e. The van der Waals surface area contributed by atoms with Gasteiger partial charge in [0.2, 0.25) is 5.95 Å². The maximum Gasteiger partial charge on any atom is 0.378 e. The van der Waals surface area contributed by atoms with Gasteiger partial charge in [-0.3, -0.25) is 4.79 Å². The normalized spacial score (nSPS) is 15.0. The number of anilines is 2. The molecule has 1 aromatic heterocycles. The summed E-state index contributed by atoms with van der Waals surface area (Å²) in [6.45, 7) is 1.78. The highest BCUT2D eigenvalue weighted by atomic mass is 16.5. The van der Waals surface area contributed by atoms with Gasteiger partial charge in [-0.1, -0.05) is 42.5 Å². The van der Waals surface area contributed by atoms with Crippen molar-refractivity contribution in [3.8, 4) is 5.75 Å². The Morgan fingerprint density at radius 2 is 1.77 bits per heavy atom. The molecule has 9 heteroatoms. The minimum Gasteiger partial charge on any atom is -0.495 e. The molecule has 2 heterocycles. The number of methoxy groups -OCH3 is 2. The van der Waals surface area contributed by atoms with Crippen molar-refractivity contribution in [2.24, 2.45) is 0 Å². The molecule has 0 radical (unpaired) electrons. The minimum absolute atomic E-state index is 0.0925. The summed E-state index contributed by atoms with van der Waals surface area (Å²) in [6, 6.07) is 16.0. The zero-order valence-electron chi connectivity index (χ0n) is 17.2. The predicted molar refractivity (Wildman–Crippen MR) is 114 cm³/mol. The first-order valence-electron chi connectivity index (χ1n) is 9.55. The number of allylic oxidation sites excluding steroid dienone is 1. The van der Waals surface area contributed by atoms with Gasteiger partial charge in [0.1, 0.15) is 11.8 Å². The highest BCUT2D eigenvalue weighted by Crippen LogP contribution is 2.36. The van der Waals surface area contributed by atoms with E-state index in [0.29, 0.717) is 28.7 Å². The number of para-hydroxylation sites is 2. The number of nitrogens with one attached hydrogen (secondary N) is 2. The van der Waals surface area contributed by atoms with E-state index in [9.17, 15) is 9.59 Å². The fourth-order valence-electron chi connectivity index (χ4n) is 3.50. The van der Waals surface area contributed by atoms with Crippen molar-refractivity contribution in [1.29, 1.82) is 0 Å². The number of amides is 1. The van der Waals surface area contributed by atoms with Gasteiger partial charge in [0.25, 0.3) is 11.7 Å². The fourth-order valence-corrected chi connectivity index (χ4v) is 3.50. The van der Waals surface area contributed by atoms with Crippen LogP contribution in [0.5, 0.6) is 5.75 Å². The summed E-state index contributed by atoms with van der Waals surface area (Å²) in [6.07, 6.45) is 0. The second-order valence-corrected chi connectivity index (χ2v) is 6.83. The van der Waals surface area contributed by atoms with Gasteiger partial charge >= 0.3 is 5.97 Å². The molecular formula is C22H21N5O4. The molecule has 4 rings (SSSR count). The number of rotatable bonds is 5. The molecule has 9 nitrogen and oxygen atoms in total. The van der Waals surface area contributed by atoms with Gasteiger partial charge < -0.3 is 20.1 Å². The van der Waals surface area contributed by atoms with Crippen molar-refractivity contribution in [1.82, 2.24) is 14.8 Å². The quantitative estimate of drug-likeness (QED) is 0.612. The van der Waals surface area contributed by atoms with Crippen molar-refractivity contribution in [3.05, 3.63) is 77.3 Å². The van der Waals surface area contributed by atoms with Gasteiger partial charge in [0.05, 0.1) is 25.5 Å². The van der Waals surface area contributed by atoms with Crippen LogP contribution in [-0.2, 0) is 9.53 Å². The zero-order valence-corrected chi connectivity index (χ0v) is 17.2. The van der Waals surface area contributed by atoms with Crippen LogP contribution < -0.4 is 15.4 Å². The lowest BCUT2D eigenvalue weighted by Crippen LogP contribution is -2.31. The summed E-state index contributed by atoms with van der Waals surface area (Å²) >= 11 is 0. The molecule has 1 amide bonds. The van der Waals surface area contributed by atoms with E-state index in [0.717, 1.165) is 5.56 Å². The molecule has 0 bridgehead atoms. The van der Waals surface area contributed by atoms with E-state index in [1.165, 1.54) is 11.8 Å². The number of hydrogen-bond donors (Lipinski definition) is 2. The van der Waals surface area contributed by atoms with Gasteiger partial charge in [-0.2, -0.15) is 4.98 Å². The van der Waals surface area contributed by atoms with Crippen molar-refractivity contribution >= 4 is 23.5 Å². The fraction of sp³-hybridized carbons (Fsp3) is 0.182. The Labute approximate surface area is 178 Å². The number of aromatic nitrogens is 3. The van der Waals surface area contributed by atoms with Crippen LogP contribution in [0.15, 0.2) is 65.9 Å². The lowest BCUT2D eigenvalue weighted by molar-refractivity contribution is -0.113. The van der Waals surface area contributed by atoms with Crippen molar-refractivity contribution < 1.29 is 19.1 Å². The average molecular weight is 419 g/mol. The number of hydrogen-bond acceptors (Lipinski definition) is 7. The Morgan fingerprint density at radius 1 is 1.06 bits per heavy atom. The van der Waals surface area contributed by atoms with Gasteiger partial charge in [-0.15, -0.1) is 5.10 Å². The number of carbonyl (C=O) groups excluding carboxylic acids is 2. The van der Waals surface area contributed by atoms with Crippen LogP contribution in [0.1, 0.15) is 29.1 Å². The van der Waals surface area contributed by atoms with Gasteiger partial charge in [0.15, 0.2) is 0 Å². The van der Waals surface area contributed by atoms with E-state index in [-0.39, 0.29) is 11.7 Å². The highest BCUT2D eigenvalue weighted by Gasteiger charge is 2.35. The first kappa shape index (κ1) is 20.1. The largest absolute Gasteiger partial charge is 0.495 e. The minimum atomic E-state index is -0.659. The highest BCUT2D eigenvalue weighted by molar-refractivity contribution is 6.06. The Hall–Kier alpha value is -4.14. The predicted octanol–water partition coefficient (Wildman–Crippen LogP) is 3.00. The van der Waals surface area contributed by atoms with Crippen LogP contribution in [0, 0.1) is 0 Å². The topological polar surface area (TPSA) is 107 Å². The lowest BCUT2D eigenvalue weighted by atomic mass is 9.95. The molecule has 0 aliphatic carbocycles.